The summed E-state index contributed by atoms with van der Waals surface area (Å²) in [6.07, 6.45) is -0.0265. The highest BCUT2D eigenvalue weighted by molar-refractivity contribution is 7.89. The minimum atomic E-state index is -3.83. The van der Waals surface area contributed by atoms with Crippen LogP contribution in [0.1, 0.15) is 24.2 Å². The van der Waals surface area contributed by atoms with E-state index in [0.29, 0.717) is 18.8 Å². The van der Waals surface area contributed by atoms with Crippen molar-refractivity contribution in [2.75, 3.05) is 37.5 Å². The van der Waals surface area contributed by atoms with Gasteiger partial charge in [0, 0.05) is 24.3 Å². The molecule has 168 valence electrons. The van der Waals surface area contributed by atoms with Gasteiger partial charge in [-0.2, -0.15) is 0 Å². The molecule has 8 nitrogen and oxygen atoms in total. The number of hydrogen-bond acceptors (Lipinski definition) is 6. The van der Waals surface area contributed by atoms with Crippen LogP contribution in [-0.4, -0.2) is 53.8 Å². The molecule has 0 radical (unpaired) electrons. The molecule has 10 heteroatoms. The maximum atomic E-state index is 14.8. The fourth-order valence-corrected chi connectivity index (χ4v) is 4.48. The first-order valence-corrected chi connectivity index (χ1v) is 11.3. The van der Waals surface area contributed by atoms with E-state index in [1.54, 1.807) is 12.1 Å². The summed E-state index contributed by atoms with van der Waals surface area (Å²) in [7, 11) is -1.23. The molecular weight excluding hydrogens is 425 g/mol. The maximum Gasteiger partial charge on any atom is 0.255 e. The summed E-state index contributed by atoms with van der Waals surface area (Å²) in [6.45, 7) is 5.02. The number of amides is 1. The molecule has 1 aliphatic heterocycles. The van der Waals surface area contributed by atoms with E-state index in [1.165, 1.54) is 38.4 Å². The van der Waals surface area contributed by atoms with Crippen molar-refractivity contribution in [3.63, 3.8) is 0 Å². The van der Waals surface area contributed by atoms with Gasteiger partial charge in [0.2, 0.25) is 10.0 Å². The van der Waals surface area contributed by atoms with Crippen molar-refractivity contribution >= 4 is 27.3 Å². The van der Waals surface area contributed by atoms with Crippen LogP contribution in [-0.2, 0) is 14.8 Å². The Morgan fingerprint density at radius 2 is 1.84 bits per heavy atom. The van der Waals surface area contributed by atoms with Gasteiger partial charge in [-0.25, -0.2) is 17.5 Å². The third-order valence-corrected chi connectivity index (χ3v) is 6.39. The molecule has 2 unspecified atom stereocenters. The van der Waals surface area contributed by atoms with Crippen LogP contribution >= 0.6 is 0 Å². The van der Waals surface area contributed by atoms with E-state index in [2.05, 4.69) is 10.0 Å². The van der Waals surface area contributed by atoms with Gasteiger partial charge < -0.3 is 19.7 Å². The Kier molecular flexibility index (Phi) is 6.83. The number of benzene rings is 2. The smallest absolute Gasteiger partial charge is 0.255 e. The second kappa shape index (κ2) is 9.21. The number of hydrogen-bond donors (Lipinski definition) is 2. The van der Waals surface area contributed by atoms with Crippen LogP contribution in [0.4, 0.5) is 15.8 Å². The van der Waals surface area contributed by atoms with Crippen LogP contribution in [0.25, 0.3) is 0 Å². The van der Waals surface area contributed by atoms with Crippen LogP contribution in [0.3, 0.4) is 0 Å². The number of halogens is 1. The fourth-order valence-electron chi connectivity index (χ4n) is 3.56. The Hall–Kier alpha value is -2.69. The number of sulfonamides is 1. The van der Waals surface area contributed by atoms with Gasteiger partial charge in [0.05, 0.1) is 25.0 Å². The van der Waals surface area contributed by atoms with Crippen LogP contribution in [0.5, 0.6) is 5.75 Å². The molecule has 1 amide bonds. The van der Waals surface area contributed by atoms with E-state index in [-0.39, 0.29) is 34.1 Å². The summed E-state index contributed by atoms with van der Waals surface area (Å²) in [5, 5.41) is 2.60. The largest absolute Gasteiger partial charge is 0.495 e. The van der Waals surface area contributed by atoms with Crippen molar-refractivity contribution in [2.45, 2.75) is 31.0 Å². The number of anilines is 2. The van der Waals surface area contributed by atoms with Gasteiger partial charge in [0.25, 0.3) is 5.91 Å². The summed E-state index contributed by atoms with van der Waals surface area (Å²) in [5.41, 5.74) is 0.788. The standard InChI is InChI=1S/C21H26FN3O5S/c1-13-11-25(12-14(2)30-13)18-7-6-16(10-17(18)22)24-21(26)15-5-8-19(29-4)20(9-15)31(27,28)23-3/h5-10,13-14,23H,11-12H2,1-4H3,(H,24,26). The van der Waals surface area contributed by atoms with Gasteiger partial charge in [0.1, 0.15) is 16.5 Å². The van der Waals surface area contributed by atoms with Crippen LogP contribution in [0.15, 0.2) is 41.3 Å². The second-order valence-electron chi connectivity index (χ2n) is 7.36. The molecule has 31 heavy (non-hydrogen) atoms. The molecule has 1 aliphatic rings. The summed E-state index contributed by atoms with van der Waals surface area (Å²) in [4.78, 5) is 14.4. The lowest BCUT2D eigenvalue weighted by molar-refractivity contribution is -0.00539. The molecule has 2 aromatic rings. The van der Waals surface area contributed by atoms with Crippen LogP contribution in [0, 0.1) is 5.82 Å². The summed E-state index contributed by atoms with van der Waals surface area (Å²) in [6, 6.07) is 8.50. The molecule has 3 rings (SSSR count). The van der Waals surface area contributed by atoms with Crippen molar-refractivity contribution in [1.29, 1.82) is 0 Å². The lowest BCUT2D eigenvalue weighted by atomic mass is 10.1. The minimum absolute atomic E-state index is 0.0133. The average molecular weight is 452 g/mol. The molecule has 0 aliphatic carbocycles. The highest BCUT2D eigenvalue weighted by atomic mass is 32.2. The third kappa shape index (κ3) is 5.15. The Balaban J connectivity index is 1.81. The third-order valence-electron chi connectivity index (χ3n) is 4.95. The van der Waals surface area contributed by atoms with Crippen molar-refractivity contribution in [2.24, 2.45) is 0 Å². The van der Waals surface area contributed by atoms with Gasteiger partial charge in [-0.3, -0.25) is 4.79 Å². The van der Waals surface area contributed by atoms with E-state index in [4.69, 9.17) is 9.47 Å². The Morgan fingerprint density at radius 1 is 1.16 bits per heavy atom. The number of nitrogens with zero attached hydrogens (tertiary/aromatic N) is 1. The summed E-state index contributed by atoms with van der Waals surface area (Å²) < 4.78 is 52.1. The SMILES string of the molecule is CNS(=O)(=O)c1cc(C(=O)Nc2ccc(N3CC(C)OC(C)C3)c(F)c2)ccc1OC. The molecule has 1 heterocycles. The first kappa shape index (κ1) is 23.0. The van der Waals surface area contributed by atoms with Crippen molar-refractivity contribution in [1.82, 2.24) is 4.72 Å². The van der Waals surface area contributed by atoms with Gasteiger partial charge in [-0.15, -0.1) is 0 Å². The lowest BCUT2D eigenvalue weighted by Gasteiger charge is -2.37. The first-order chi connectivity index (χ1) is 14.6. The first-order valence-electron chi connectivity index (χ1n) is 9.77. The molecule has 1 fully saturated rings. The number of rotatable bonds is 6. The number of carbonyl (C=O) groups is 1. The zero-order chi connectivity index (χ0) is 22.8. The van der Waals surface area contributed by atoms with Gasteiger partial charge in [-0.1, -0.05) is 0 Å². The quantitative estimate of drug-likeness (QED) is 0.701. The number of carbonyl (C=O) groups excluding carboxylic acids is 1. The van der Waals surface area contributed by atoms with E-state index in [1.807, 2.05) is 18.7 Å². The molecule has 0 bridgehead atoms. The predicted molar refractivity (Wildman–Crippen MR) is 116 cm³/mol. The van der Waals surface area contributed by atoms with Crippen molar-refractivity contribution in [3.8, 4) is 5.75 Å². The topological polar surface area (TPSA) is 97.0 Å². The molecule has 2 aromatic carbocycles. The normalized spacial score (nSPS) is 19.2. The molecule has 0 spiro atoms. The molecule has 0 saturated carbocycles. The zero-order valence-electron chi connectivity index (χ0n) is 17.8. The monoisotopic (exact) mass is 451 g/mol. The summed E-state index contributed by atoms with van der Waals surface area (Å²) >= 11 is 0. The fraction of sp³-hybridized carbons (Fsp3) is 0.381. The summed E-state index contributed by atoms with van der Waals surface area (Å²) in [5.74, 6) is -0.932. The van der Waals surface area contributed by atoms with Crippen molar-refractivity contribution < 1.29 is 27.1 Å². The van der Waals surface area contributed by atoms with Crippen molar-refractivity contribution in [3.05, 3.63) is 47.8 Å². The van der Waals surface area contributed by atoms with Crippen LogP contribution in [0.2, 0.25) is 0 Å². The molecule has 2 N–H and O–H groups in total. The highest BCUT2D eigenvalue weighted by Crippen LogP contribution is 2.28. The van der Waals surface area contributed by atoms with Gasteiger partial charge in [-0.05, 0) is 57.3 Å². The number of morpholine rings is 1. The van der Waals surface area contributed by atoms with E-state index >= 15 is 0 Å². The number of ether oxygens (including phenoxy) is 2. The number of methoxy groups -OCH3 is 1. The Morgan fingerprint density at radius 3 is 2.42 bits per heavy atom. The highest BCUT2D eigenvalue weighted by Gasteiger charge is 2.25. The maximum absolute atomic E-state index is 14.8. The molecule has 2 atom stereocenters. The lowest BCUT2D eigenvalue weighted by Crippen LogP contribution is -2.45. The second-order valence-corrected chi connectivity index (χ2v) is 9.21. The zero-order valence-corrected chi connectivity index (χ0v) is 18.6. The molecular formula is C21H26FN3O5S. The number of nitrogens with one attached hydrogen (secondary N) is 2. The average Bonchev–Trinajstić information content (AvgIpc) is 2.72. The van der Waals surface area contributed by atoms with Crippen LogP contribution < -0.4 is 19.7 Å². The van der Waals surface area contributed by atoms with E-state index in [9.17, 15) is 17.6 Å². The minimum Gasteiger partial charge on any atom is -0.495 e. The Labute approximate surface area is 181 Å². The van der Waals surface area contributed by atoms with Gasteiger partial charge in [0.15, 0.2) is 0 Å². The molecule has 0 aromatic heterocycles. The van der Waals surface area contributed by atoms with E-state index < -0.39 is 21.7 Å². The van der Waals surface area contributed by atoms with Gasteiger partial charge >= 0.3 is 0 Å². The predicted octanol–water partition coefficient (Wildman–Crippen LogP) is 2.61. The molecule has 1 saturated heterocycles. The Bertz CT molecular complexity index is 1070. The van der Waals surface area contributed by atoms with E-state index in [0.717, 1.165) is 0 Å².